The van der Waals surface area contributed by atoms with Gasteiger partial charge in [0, 0.05) is 5.02 Å². The van der Waals surface area contributed by atoms with Gasteiger partial charge >= 0.3 is 11.9 Å². The molecular formula is C24H33ClO4. The monoisotopic (exact) mass is 420 g/mol. The predicted octanol–water partition coefficient (Wildman–Crippen LogP) is 6.43. The van der Waals surface area contributed by atoms with Crippen molar-refractivity contribution < 1.29 is 19.1 Å². The Hall–Kier alpha value is -1.81. The van der Waals surface area contributed by atoms with Crippen LogP contribution >= 0.6 is 11.6 Å². The lowest BCUT2D eigenvalue weighted by Gasteiger charge is -2.25. The van der Waals surface area contributed by atoms with Crippen LogP contribution in [0.3, 0.4) is 0 Å². The second-order valence-corrected chi connectivity index (χ2v) is 8.18. The van der Waals surface area contributed by atoms with Crippen LogP contribution in [0.5, 0.6) is 5.75 Å². The molecule has 160 valence electrons. The van der Waals surface area contributed by atoms with Gasteiger partial charge in [-0.1, -0.05) is 69.2 Å². The average molecular weight is 421 g/mol. The molecule has 1 aliphatic rings. The molecule has 1 aliphatic carbocycles. The zero-order valence-electron chi connectivity index (χ0n) is 17.6. The van der Waals surface area contributed by atoms with E-state index in [1.165, 1.54) is 32.1 Å². The number of hydrogen-bond donors (Lipinski definition) is 0. The molecule has 29 heavy (non-hydrogen) atoms. The molecule has 5 heteroatoms. The zero-order valence-corrected chi connectivity index (χ0v) is 18.4. The number of benzene rings is 1. The molecule has 0 N–H and O–H groups in total. The van der Waals surface area contributed by atoms with Crippen molar-refractivity contribution in [3.63, 3.8) is 0 Å². The lowest BCUT2D eigenvalue weighted by molar-refractivity contribution is -0.156. The van der Waals surface area contributed by atoms with Crippen LogP contribution in [0.15, 0.2) is 30.4 Å². The fourth-order valence-electron chi connectivity index (χ4n) is 3.55. The molecule has 0 bridgehead atoms. The average Bonchev–Trinajstić information content (AvgIpc) is 2.72. The van der Waals surface area contributed by atoms with E-state index in [0.717, 1.165) is 18.4 Å². The number of unbranched alkanes of at least 4 members (excludes halogenated alkanes) is 6. The summed E-state index contributed by atoms with van der Waals surface area (Å²) < 4.78 is 11.0. The van der Waals surface area contributed by atoms with Gasteiger partial charge in [0.2, 0.25) is 0 Å². The summed E-state index contributed by atoms with van der Waals surface area (Å²) in [5, 5.41) is 0.622. The Balaban J connectivity index is 1.80. The minimum atomic E-state index is -0.516. The molecule has 0 saturated carbocycles. The maximum atomic E-state index is 12.7. The van der Waals surface area contributed by atoms with Crippen LogP contribution in [-0.4, -0.2) is 18.5 Å². The van der Waals surface area contributed by atoms with Gasteiger partial charge in [-0.05, 0) is 49.9 Å². The number of aryl methyl sites for hydroxylation is 1. The molecule has 0 heterocycles. The molecule has 2 atom stereocenters. The van der Waals surface area contributed by atoms with E-state index >= 15 is 0 Å². The molecule has 0 fully saturated rings. The van der Waals surface area contributed by atoms with Gasteiger partial charge in [-0.2, -0.15) is 0 Å². The van der Waals surface area contributed by atoms with Crippen LogP contribution in [0.1, 0.15) is 70.3 Å². The van der Waals surface area contributed by atoms with Gasteiger partial charge in [-0.15, -0.1) is 0 Å². The van der Waals surface area contributed by atoms with Crippen LogP contribution in [0.4, 0.5) is 0 Å². The van der Waals surface area contributed by atoms with Crippen molar-refractivity contribution in [3.8, 4) is 5.75 Å². The van der Waals surface area contributed by atoms with Gasteiger partial charge in [0.15, 0.2) is 0 Å². The van der Waals surface area contributed by atoms with Crippen LogP contribution in [0.25, 0.3) is 0 Å². The largest absolute Gasteiger partial charge is 0.465 e. The molecule has 0 amide bonds. The van der Waals surface area contributed by atoms with E-state index in [2.05, 4.69) is 6.92 Å². The highest BCUT2D eigenvalue weighted by atomic mass is 35.5. The van der Waals surface area contributed by atoms with E-state index in [0.29, 0.717) is 30.2 Å². The molecule has 0 aliphatic heterocycles. The lowest BCUT2D eigenvalue weighted by Crippen LogP contribution is -2.35. The first-order valence-corrected chi connectivity index (χ1v) is 11.2. The maximum Gasteiger partial charge on any atom is 0.315 e. The van der Waals surface area contributed by atoms with Crippen LogP contribution < -0.4 is 4.74 Å². The van der Waals surface area contributed by atoms with Gasteiger partial charge in [0.1, 0.15) is 5.75 Å². The number of halogens is 1. The predicted molar refractivity (Wildman–Crippen MR) is 116 cm³/mol. The summed E-state index contributed by atoms with van der Waals surface area (Å²) in [6.07, 6.45) is 13.1. The van der Waals surface area contributed by atoms with Crippen molar-refractivity contribution in [2.75, 3.05) is 6.61 Å². The molecular weight excluding hydrogens is 388 g/mol. The molecule has 2 rings (SSSR count). The van der Waals surface area contributed by atoms with E-state index in [-0.39, 0.29) is 5.97 Å². The third-order valence-electron chi connectivity index (χ3n) is 5.38. The quantitative estimate of drug-likeness (QED) is 0.179. The van der Waals surface area contributed by atoms with E-state index < -0.39 is 17.8 Å². The second kappa shape index (κ2) is 12.7. The highest BCUT2D eigenvalue weighted by molar-refractivity contribution is 6.31. The Morgan fingerprint density at radius 1 is 0.966 bits per heavy atom. The second-order valence-electron chi connectivity index (χ2n) is 7.78. The number of hydrogen-bond acceptors (Lipinski definition) is 4. The van der Waals surface area contributed by atoms with Crippen molar-refractivity contribution in [3.05, 3.63) is 40.9 Å². The summed E-state index contributed by atoms with van der Waals surface area (Å²) in [5.74, 6) is -1.24. The molecule has 0 spiro atoms. The molecule has 0 radical (unpaired) electrons. The lowest BCUT2D eigenvalue weighted by atomic mass is 9.83. The number of allylic oxidation sites excluding steroid dienone is 2. The third kappa shape index (κ3) is 7.85. The Morgan fingerprint density at radius 3 is 2.24 bits per heavy atom. The Morgan fingerprint density at radius 2 is 1.59 bits per heavy atom. The van der Waals surface area contributed by atoms with Crippen LogP contribution in [-0.2, 0) is 14.3 Å². The summed E-state index contributed by atoms with van der Waals surface area (Å²) in [6, 6.07) is 5.10. The zero-order chi connectivity index (χ0) is 21.1. The molecule has 2 unspecified atom stereocenters. The Kier molecular flexibility index (Phi) is 10.3. The highest BCUT2D eigenvalue weighted by Crippen LogP contribution is 2.29. The Bertz CT molecular complexity index is 698. The first-order chi connectivity index (χ1) is 14.0. The van der Waals surface area contributed by atoms with E-state index in [1.807, 2.05) is 19.1 Å². The molecule has 1 aromatic carbocycles. The van der Waals surface area contributed by atoms with E-state index in [9.17, 15) is 9.59 Å². The summed E-state index contributed by atoms with van der Waals surface area (Å²) in [5.41, 5.74) is 0.839. The van der Waals surface area contributed by atoms with Gasteiger partial charge in [-0.25, -0.2) is 0 Å². The summed E-state index contributed by atoms with van der Waals surface area (Å²) in [7, 11) is 0. The van der Waals surface area contributed by atoms with Gasteiger partial charge in [-0.3, -0.25) is 9.59 Å². The van der Waals surface area contributed by atoms with Crippen LogP contribution in [0, 0.1) is 18.8 Å². The summed E-state index contributed by atoms with van der Waals surface area (Å²) in [6.45, 7) is 4.48. The minimum Gasteiger partial charge on any atom is -0.465 e. The van der Waals surface area contributed by atoms with E-state index in [1.54, 1.807) is 18.2 Å². The summed E-state index contributed by atoms with van der Waals surface area (Å²) in [4.78, 5) is 25.2. The van der Waals surface area contributed by atoms with Gasteiger partial charge in [0.05, 0.1) is 18.4 Å². The fraction of sp³-hybridized carbons (Fsp3) is 0.583. The first kappa shape index (κ1) is 23.5. The Labute approximate surface area is 179 Å². The fourth-order valence-corrected chi connectivity index (χ4v) is 3.66. The number of ether oxygens (including phenoxy) is 2. The number of rotatable bonds is 11. The third-order valence-corrected chi connectivity index (χ3v) is 5.80. The number of esters is 2. The smallest absolute Gasteiger partial charge is 0.315 e. The standard InChI is InChI=1S/C24H33ClO4/c1-3-4-5-6-7-8-11-16-28-23(26)20-12-9-10-13-21(20)24(27)29-19-14-15-22(25)18(2)17-19/h9-10,14-15,17,20-21H,3-8,11-13,16H2,1-2H3. The number of carbonyl (C=O) groups is 2. The summed E-state index contributed by atoms with van der Waals surface area (Å²) >= 11 is 6.02. The first-order valence-electron chi connectivity index (χ1n) is 10.8. The molecule has 4 nitrogen and oxygen atoms in total. The van der Waals surface area contributed by atoms with Crippen molar-refractivity contribution in [1.82, 2.24) is 0 Å². The molecule has 0 saturated heterocycles. The highest BCUT2D eigenvalue weighted by Gasteiger charge is 2.36. The molecule has 0 aromatic heterocycles. The maximum absolute atomic E-state index is 12.7. The topological polar surface area (TPSA) is 52.6 Å². The number of carbonyl (C=O) groups excluding carboxylic acids is 2. The van der Waals surface area contributed by atoms with Crippen molar-refractivity contribution >= 4 is 23.5 Å². The van der Waals surface area contributed by atoms with Gasteiger partial charge < -0.3 is 9.47 Å². The van der Waals surface area contributed by atoms with Crippen LogP contribution in [0.2, 0.25) is 5.02 Å². The van der Waals surface area contributed by atoms with E-state index in [4.69, 9.17) is 21.1 Å². The van der Waals surface area contributed by atoms with Crippen molar-refractivity contribution in [2.24, 2.45) is 11.8 Å². The van der Waals surface area contributed by atoms with Gasteiger partial charge in [0.25, 0.3) is 0 Å². The SMILES string of the molecule is CCCCCCCCCOC(=O)C1CC=CCC1C(=O)Oc1ccc(Cl)c(C)c1. The molecule has 1 aromatic rings. The van der Waals surface area contributed by atoms with Crippen molar-refractivity contribution in [2.45, 2.75) is 71.6 Å². The van der Waals surface area contributed by atoms with Crippen molar-refractivity contribution in [1.29, 1.82) is 0 Å². The normalized spacial score (nSPS) is 18.4. The minimum absolute atomic E-state index is 0.297.